The van der Waals surface area contributed by atoms with Crippen LogP contribution >= 0.6 is 0 Å². The first-order valence-electron chi connectivity index (χ1n) is 7.16. The van der Waals surface area contributed by atoms with E-state index in [9.17, 15) is 4.79 Å². The van der Waals surface area contributed by atoms with Gasteiger partial charge in [0.1, 0.15) is 5.69 Å². The van der Waals surface area contributed by atoms with Crippen LogP contribution in [-0.4, -0.2) is 43.5 Å². The van der Waals surface area contributed by atoms with Gasteiger partial charge in [-0.2, -0.15) is 0 Å². The summed E-state index contributed by atoms with van der Waals surface area (Å²) in [6.07, 6.45) is 4.89. The Morgan fingerprint density at radius 1 is 1.67 bits per heavy atom. The largest absolute Gasteiger partial charge is 0.404 e. The molecule has 3 N–H and O–H groups in total. The molecule has 0 saturated carbocycles. The van der Waals surface area contributed by atoms with Gasteiger partial charge in [0, 0.05) is 48.9 Å². The molecule has 0 amide bonds. The Balaban J connectivity index is 2.37. The van der Waals surface area contributed by atoms with E-state index >= 15 is 0 Å². The minimum atomic E-state index is -0.101. The Labute approximate surface area is 124 Å². The average molecular weight is 290 g/mol. The molecule has 1 aromatic rings. The number of allylic oxidation sites excluding steroid dienone is 1. The molecule has 0 bridgehead atoms. The van der Waals surface area contributed by atoms with Crippen LogP contribution in [0.2, 0.25) is 0 Å². The number of morpholine rings is 1. The fraction of sp³-hybridized carbons (Fsp3) is 0.467. The highest BCUT2D eigenvalue weighted by Gasteiger charge is 2.21. The van der Waals surface area contributed by atoms with Crippen molar-refractivity contribution in [2.24, 2.45) is 10.7 Å². The third kappa shape index (κ3) is 3.52. The van der Waals surface area contributed by atoms with Crippen LogP contribution in [0.1, 0.15) is 19.4 Å². The third-order valence-corrected chi connectivity index (χ3v) is 3.49. The lowest BCUT2D eigenvalue weighted by atomic mass is 10.1. The highest BCUT2D eigenvalue weighted by molar-refractivity contribution is 6.09. The number of aliphatic imine (C=N–C) groups is 1. The van der Waals surface area contributed by atoms with E-state index in [1.807, 2.05) is 19.9 Å². The zero-order chi connectivity index (χ0) is 15.2. The number of nitrogens with two attached hydrogens (primary N) is 1. The van der Waals surface area contributed by atoms with Gasteiger partial charge in [-0.3, -0.25) is 9.79 Å². The smallest absolute Gasteiger partial charge is 0.271 e. The molecule has 1 atom stereocenters. The Bertz CT molecular complexity index is 592. The highest BCUT2D eigenvalue weighted by atomic mass is 16.5. The van der Waals surface area contributed by atoms with Gasteiger partial charge in [-0.1, -0.05) is 0 Å². The first-order valence-corrected chi connectivity index (χ1v) is 7.16. The second-order valence-corrected chi connectivity index (χ2v) is 4.97. The average Bonchev–Trinajstić information content (AvgIpc) is 2.50. The zero-order valence-corrected chi connectivity index (χ0v) is 12.5. The van der Waals surface area contributed by atoms with Crippen LogP contribution in [0, 0.1) is 0 Å². The molecule has 6 heteroatoms. The SMILES string of the molecule is CCN=C/C(=C\N)c1c[nH]c(=O)c(N2CCOCC2C)c1. The number of anilines is 1. The molecule has 0 spiro atoms. The molecule has 1 aliphatic rings. The summed E-state index contributed by atoms with van der Waals surface area (Å²) in [4.78, 5) is 21.2. The van der Waals surface area contributed by atoms with E-state index in [0.717, 1.165) is 11.1 Å². The molecule has 0 aliphatic carbocycles. The highest BCUT2D eigenvalue weighted by Crippen LogP contribution is 2.19. The predicted molar refractivity (Wildman–Crippen MR) is 85.9 cm³/mol. The number of hydrogen-bond acceptors (Lipinski definition) is 5. The van der Waals surface area contributed by atoms with Gasteiger partial charge in [0.15, 0.2) is 0 Å². The lowest BCUT2D eigenvalue weighted by molar-refractivity contribution is 0.0988. The van der Waals surface area contributed by atoms with Crippen molar-refractivity contribution in [2.75, 3.05) is 31.2 Å². The van der Waals surface area contributed by atoms with Crippen molar-refractivity contribution in [3.05, 3.63) is 34.4 Å². The van der Waals surface area contributed by atoms with Crippen LogP contribution in [0.5, 0.6) is 0 Å². The van der Waals surface area contributed by atoms with Crippen molar-refractivity contribution in [2.45, 2.75) is 19.9 Å². The number of ether oxygens (including phenoxy) is 1. The van der Waals surface area contributed by atoms with Gasteiger partial charge in [-0.15, -0.1) is 0 Å². The summed E-state index contributed by atoms with van der Waals surface area (Å²) in [5.41, 5.74) is 7.84. The second-order valence-electron chi connectivity index (χ2n) is 4.97. The standard InChI is InChI=1S/C15H22N4O2/c1-3-17-8-13(7-16)12-6-14(15(20)18-9-12)19-4-5-21-10-11(19)2/h6-9,11H,3-5,10,16H2,1-2H3,(H,18,20)/b13-7+,17-8?. The van der Waals surface area contributed by atoms with Crippen LogP contribution in [-0.2, 0) is 4.74 Å². The number of nitrogens with zero attached hydrogens (tertiary/aromatic N) is 2. The number of rotatable bonds is 4. The summed E-state index contributed by atoms with van der Waals surface area (Å²) >= 11 is 0. The molecular weight excluding hydrogens is 268 g/mol. The van der Waals surface area contributed by atoms with Gasteiger partial charge < -0.3 is 20.4 Å². The minimum absolute atomic E-state index is 0.101. The summed E-state index contributed by atoms with van der Waals surface area (Å²) in [6, 6.07) is 2.03. The third-order valence-electron chi connectivity index (χ3n) is 3.49. The molecule has 1 aliphatic heterocycles. The molecular formula is C15H22N4O2. The maximum Gasteiger partial charge on any atom is 0.271 e. The summed E-state index contributed by atoms with van der Waals surface area (Å²) in [5.74, 6) is 0. The van der Waals surface area contributed by atoms with E-state index in [1.54, 1.807) is 12.4 Å². The molecule has 1 aromatic heterocycles. The fourth-order valence-corrected chi connectivity index (χ4v) is 2.34. The van der Waals surface area contributed by atoms with Crippen LogP contribution in [0.15, 0.2) is 28.3 Å². The number of pyridine rings is 1. The maximum absolute atomic E-state index is 12.1. The Morgan fingerprint density at radius 2 is 2.48 bits per heavy atom. The monoisotopic (exact) mass is 290 g/mol. The van der Waals surface area contributed by atoms with Gasteiger partial charge in [0.25, 0.3) is 5.56 Å². The normalized spacial score (nSPS) is 20.2. The number of aromatic amines is 1. The lowest BCUT2D eigenvalue weighted by Gasteiger charge is -2.34. The number of aromatic nitrogens is 1. The Kier molecular flexibility index (Phi) is 5.16. The van der Waals surface area contributed by atoms with E-state index in [2.05, 4.69) is 14.9 Å². The Morgan fingerprint density at radius 3 is 3.14 bits per heavy atom. The molecule has 21 heavy (non-hydrogen) atoms. The lowest BCUT2D eigenvalue weighted by Crippen LogP contribution is -2.45. The first-order chi connectivity index (χ1) is 10.2. The van der Waals surface area contributed by atoms with Crippen LogP contribution in [0.4, 0.5) is 5.69 Å². The van der Waals surface area contributed by atoms with Crippen molar-refractivity contribution in [3.63, 3.8) is 0 Å². The quantitative estimate of drug-likeness (QED) is 0.810. The molecule has 0 aromatic carbocycles. The zero-order valence-electron chi connectivity index (χ0n) is 12.5. The van der Waals surface area contributed by atoms with Crippen LogP contribution in [0.3, 0.4) is 0 Å². The van der Waals surface area contributed by atoms with Crippen molar-refractivity contribution in [1.29, 1.82) is 0 Å². The molecule has 2 rings (SSSR count). The van der Waals surface area contributed by atoms with E-state index in [1.165, 1.54) is 6.20 Å². The van der Waals surface area contributed by atoms with Crippen LogP contribution < -0.4 is 16.2 Å². The topological polar surface area (TPSA) is 83.7 Å². The number of H-pyrrole nitrogens is 1. The van der Waals surface area contributed by atoms with Gasteiger partial charge in [-0.05, 0) is 19.9 Å². The number of nitrogens with one attached hydrogen (secondary N) is 1. The van der Waals surface area contributed by atoms with Crippen molar-refractivity contribution < 1.29 is 4.74 Å². The maximum atomic E-state index is 12.1. The Hall–Kier alpha value is -2.08. The van der Waals surface area contributed by atoms with Gasteiger partial charge in [0.05, 0.1) is 13.2 Å². The van der Waals surface area contributed by atoms with E-state index in [4.69, 9.17) is 10.5 Å². The molecule has 2 heterocycles. The second kappa shape index (κ2) is 7.08. The first kappa shape index (κ1) is 15.3. The molecule has 1 fully saturated rings. The predicted octanol–water partition coefficient (Wildman–Crippen LogP) is 0.990. The van der Waals surface area contributed by atoms with E-state index < -0.39 is 0 Å². The van der Waals surface area contributed by atoms with Crippen molar-refractivity contribution in [1.82, 2.24) is 4.98 Å². The summed E-state index contributed by atoms with van der Waals surface area (Å²) in [5, 5.41) is 0. The van der Waals surface area contributed by atoms with Crippen molar-refractivity contribution in [3.8, 4) is 0 Å². The number of hydrogen-bond donors (Lipinski definition) is 2. The fourth-order valence-electron chi connectivity index (χ4n) is 2.34. The van der Waals surface area contributed by atoms with E-state index in [0.29, 0.717) is 32.0 Å². The molecule has 6 nitrogen and oxygen atoms in total. The molecule has 0 radical (unpaired) electrons. The molecule has 114 valence electrons. The summed E-state index contributed by atoms with van der Waals surface area (Å²) < 4.78 is 5.42. The molecule has 1 unspecified atom stereocenters. The minimum Gasteiger partial charge on any atom is -0.404 e. The van der Waals surface area contributed by atoms with Crippen molar-refractivity contribution >= 4 is 17.5 Å². The summed E-state index contributed by atoms with van der Waals surface area (Å²) in [6.45, 7) is 6.65. The van der Waals surface area contributed by atoms with Gasteiger partial charge >= 0.3 is 0 Å². The summed E-state index contributed by atoms with van der Waals surface area (Å²) in [7, 11) is 0. The van der Waals surface area contributed by atoms with Gasteiger partial charge in [0.2, 0.25) is 0 Å². The van der Waals surface area contributed by atoms with Gasteiger partial charge in [-0.25, -0.2) is 0 Å². The molecule has 1 saturated heterocycles. The van der Waals surface area contributed by atoms with E-state index in [-0.39, 0.29) is 11.6 Å². The van der Waals surface area contributed by atoms with Crippen LogP contribution in [0.25, 0.3) is 5.57 Å².